The van der Waals surface area contributed by atoms with Gasteiger partial charge in [-0.3, -0.25) is 14.9 Å². The Morgan fingerprint density at radius 3 is 2.48 bits per heavy atom. The van der Waals surface area contributed by atoms with Crippen LogP contribution in [0.15, 0.2) is 18.2 Å². The number of ether oxygens (including phenoxy) is 1. The molecule has 0 spiro atoms. The molecular weight excluding hydrogens is 270 g/mol. The summed E-state index contributed by atoms with van der Waals surface area (Å²) in [4.78, 5) is 22.0. The molecule has 21 heavy (non-hydrogen) atoms. The average molecular weight is 291 g/mol. The summed E-state index contributed by atoms with van der Waals surface area (Å²) < 4.78 is 5.82. The second-order valence-electron chi connectivity index (χ2n) is 6.48. The molecule has 1 aliphatic rings. The van der Waals surface area contributed by atoms with E-state index in [0.29, 0.717) is 11.0 Å². The Kier molecular flexibility index (Phi) is 4.30. The summed E-state index contributed by atoms with van der Waals surface area (Å²) in [6.07, 6.45) is 3.92. The molecule has 0 atom stereocenters. The molecule has 1 aliphatic carbocycles. The summed E-state index contributed by atoms with van der Waals surface area (Å²) in [5, 5.41) is 11.2. The maximum Gasteiger partial charge on any atom is 0.311 e. The number of Topliss-reactive ketones (excluding diaryl/α,β-unsaturated/α-hetero) is 1. The lowest BCUT2D eigenvalue weighted by molar-refractivity contribution is -0.386. The molecule has 0 aromatic heterocycles. The predicted molar refractivity (Wildman–Crippen MR) is 79.8 cm³/mol. The Morgan fingerprint density at radius 1 is 1.33 bits per heavy atom. The highest BCUT2D eigenvalue weighted by atomic mass is 16.6. The molecule has 1 fully saturated rings. The van der Waals surface area contributed by atoms with E-state index in [1.165, 1.54) is 19.1 Å². The lowest BCUT2D eigenvalue weighted by Gasteiger charge is -2.34. The van der Waals surface area contributed by atoms with Crippen LogP contribution >= 0.6 is 0 Å². The molecule has 5 nitrogen and oxygen atoms in total. The number of carbonyl (C=O) groups is 1. The van der Waals surface area contributed by atoms with Gasteiger partial charge in [0, 0.05) is 11.6 Å². The SMILES string of the molecule is CC(=O)c1ccc(OC2CCC(C)(C)CC2)c([N+](=O)[O-])c1. The second-order valence-corrected chi connectivity index (χ2v) is 6.48. The highest BCUT2D eigenvalue weighted by molar-refractivity contribution is 5.95. The maximum absolute atomic E-state index is 11.3. The van der Waals surface area contributed by atoms with Crippen LogP contribution in [0.4, 0.5) is 5.69 Å². The fourth-order valence-corrected chi connectivity index (χ4v) is 2.65. The molecule has 114 valence electrons. The molecule has 0 unspecified atom stereocenters. The Labute approximate surface area is 124 Å². The number of nitro groups is 1. The zero-order valence-corrected chi connectivity index (χ0v) is 12.7. The summed E-state index contributed by atoms with van der Waals surface area (Å²) in [5.74, 6) is 0.0683. The van der Waals surface area contributed by atoms with Crippen molar-refractivity contribution >= 4 is 11.5 Å². The van der Waals surface area contributed by atoms with Gasteiger partial charge in [-0.25, -0.2) is 0 Å². The summed E-state index contributed by atoms with van der Waals surface area (Å²) in [5.41, 5.74) is 0.524. The Morgan fingerprint density at radius 2 is 1.95 bits per heavy atom. The first-order valence-corrected chi connectivity index (χ1v) is 7.24. The molecule has 1 saturated carbocycles. The van der Waals surface area contributed by atoms with Gasteiger partial charge in [-0.05, 0) is 50.2 Å². The minimum absolute atomic E-state index is 0.0138. The first kappa shape index (κ1) is 15.5. The number of benzene rings is 1. The Hall–Kier alpha value is -1.91. The molecule has 0 N–H and O–H groups in total. The van der Waals surface area contributed by atoms with Crippen molar-refractivity contribution in [1.82, 2.24) is 0 Å². The van der Waals surface area contributed by atoms with Gasteiger partial charge in [0.1, 0.15) is 0 Å². The molecule has 0 saturated heterocycles. The predicted octanol–water partition coefficient (Wildman–Crippen LogP) is 4.15. The van der Waals surface area contributed by atoms with Crippen LogP contribution < -0.4 is 4.74 Å². The van der Waals surface area contributed by atoms with Crippen LogP contribution in [0.1, 0.15) is 56.8 Å². The highest BCUT2D eigenvalue weighted by Crippen LogP contribution is 2.38. The van der Waals surface area contributed by atoms with E-state index in [1.54, 1.807) is 6.07 Å². The molecule has 0 bridgehead atoms. The average Bonchev–Trinajstić information content (AvgIpc) is 2.41. The van der Waals surface area contributed by atoms with E-state index in [4.69, 9.17) is 4.74 Å². The van der Waals surface area contributed by atoms with E-state index in [-0.39, 0.29) is 23.3 Å². The third-order valence-corrected chi connectivity index (χ3v) is 4.14. The molecule has 1 aromatic rings. The number of nitrogens with zero attached hydrogens (tertiary/aromatic N) is 1. The molecule has 0 radical (unpaired) electrons. The Bertz CT molecular complexity index is 555. The van der Waals surface area contributed by atoms with Gasteiger partial charge in [0.15, 0.2) is 11.5 Å². The first-order chi connectivity index (χ1) is 9.78. The van der Waals surface area contributed by atoms with Crippen molar-refractivity contribution in [3.63, 3.8) is 0 Å². The van der Waals surface area contributed by atoms with Crippen molar-refractivity contribution in [3.05, 3.63) is 33.9 Å². The van der Waals surface area contributed by atoms with Crippen LogP contribution in [0.3, 0.4) is 0 Å². The van der Waals surface area contributed by atoms with Crippen molar-refractivity contribution in [2.75, 3.05) is 0 Å². The topological polar surface area (TPSA) is 69.4 Å². The van der Waals surface area contributed by atoms with Gasteiger partial charge in [0.25, 0.3) is 0 Å². The van der Waals surface area contributed by atoms with Gasteiger partial charge in [-0.2, -0.15) is 0 Å². The number of hydrogen-bond donors (Lipinski definition) is 0. The lowest BCUT2D eigenvalue weighted by atomic mass is 9.76. The Balaban J connectivity index is 2.16. The van der Waals surface area contributed by atoms with Crippen molar-refractivity contribution in [2.45, 2.75) is 52.6 Å². The van der Waals surface area contributed by atoms with Crippen LogP contribution in [0.2, 0.25) is 0 Å². The quantitative estimate of drug-likeness (QED) is 0.475. The molecule has 0 amide bonds. The smallest absolute Gasteiger partial charge is 0.311 e. The number of ketones is 1. The maximum atomic E-state index is 11.3. The third-order valence-electron chi connectivity index (χ3n) is 4.14. The fourth-order valence-electron chi connectivity index (χ4n) is 2.65. The van der Waals surface area contributed by atoms with Crippen LogP contribution in [0.5, 0.6) is 5.75 Å². The largest absolute Gasteiger partial charge is 0.484 e. The number of rotatable bonds is 4. The summed E-state index contributed by atoms with van der Waals surface area (Å²) >= 11 is 0. The molecule has 2 rings (SSSR count). The molecule has 5 heteroatoms. The van der Waals surface area contributed by atoms with E-state index in [2.05, 4.69) is 13.8 Å². The van der Waals surface area contributed by atoms with Crippen molar-refractivity contribution in [1.29, 1.82) is 0 Å². The lowest BCUT2D eigenvalue weighted by Crippen LogP contribution is -2.28. The van der Waals surface area contributed by atoms with E-state index < -0.39 is 4.92 Å². The molecule has 0 heterocycles. The van der Waals surface area contributed by atoms with Gasteiger partial charge in [0.05, 0.1) is 11.0 Å². The third kappa shape index (κ3) is 3.80. The minimum atomic E-state index is -0.492. The zero-order valence-electron chi connectivity index (χ0n) is 12.7. The van der Waals surface area contributed by atoms with Gasteiger partial charge in [0.2, 0.25) is 0 Å². The minimum Gasteiger partial charge on any atom is -0.484 e. The van der Waals surface area contributed by atoms with Crippen LogP contribution in [-0.2, 0) is 0 Å². The van der Waals surface area contributed by atoms with E-state index >= 15 is 0 Å². The van der Waals surface area contributed by atoms with Gasteiger partial charge in [-0.1, -0.05) is 13.8 Å². The zero-order chi connectivity index (χ0) is 15.6. The molecule has 1 aromatic carbocycles. The van der Waals surface area contributed by atoms with Crippen molar-refractivity contribution in [3.8, 4) is 5.75 Å². The number of hydrogen-bond acceptors (Lipinski definition) is 4. The normalized spacial score (nSPS) is 18.2. The first-order valence-electron chi connectivity index (χ1n) is 7.24. The monoisotopic (exact) mass is 291 g/mol. The van der Waals surface area contributed by atoms with Gasteiger partial charge < -0.3 is 4.74 Å². The number of nitro benzene ring substituents is 1. The number of carbonyl (C=O) groups excluding carboxylic acids is 1. The summed E-state index contributed by atoms with van der Waals surface area (Å²) in [6.45, 7) is 5.85. The van der Waals surface area contributed by atoms with Gasteiger partial charge in [-0.15, -0.1) is 0 Å². The summed E-state index contributed by atoms with van der Waals surface area (Å²) in [7, 11) is 0. The van der Waals surface area contributed by atoms with Crippen molar-refractivity contribution < 1.29 is 14.5 Å². The fraction of sp³-hybridized carbons (Fsp3) is 0.562. The molecular formula is C16H21NO4. The highest BCUT2D eigenvalue weighted by Gasteiger charge is 2.29. The van der Waals surface area contributed by atoms with Gasteiger partial charge >= 0.3 is 5.69 Å². The van der Waals surface area contributed by atoms with E-state index in [1.807, 2.05) is 0 Å². The van der Waals surface area contributed by atoms with Crippen LogP contribution in [-0.4, -0.2) is 16.8 Å². The second kappa shape index (κ2) is 5.84. The van der Waals surface area contributed by atoms with E-state index in [9.17, 15) is 14.9 Å². The van der Waals surface area contributed by atoms with Crippen molar-refractivity contribution in [2.24, 2.45) is 5.41 Å². The summed E-state index contributed by atoms with van der Waals surface area (Å²) in [6, 6.07) is 4.41. The van der Waals surface area contributed by atoms with Crippen LogP contribution in [0, 0.1) is 15.5 Å². The van der Waals surface area contributed by atoms with Crippen LogP contribution in [0.25, 0.3) is 0 Å². The standard InChI is InChI=1S/C16H21NO4/c1-11(18)12-4-5-15(14(10-12)17(19)20)21-13-6-8-16(2,3)9-7-13/h4-5,10,13H,6-9H2,1-3H3. The molecule has 0 aliphatic heterocycles. The van der Waals surface area contributed by atoms with E-state index in [0.717, 1.165) is 25.7 Å².